The number of amides is 1. The molecule has 0 spiro atoms. The smallest absolute Gasteiger partial charge is 0.296 e. The maximum absolute atomic E-state index is 13.6. The van der Waals surface area contributed by atoms with Gasteiger partial charge in [0.2, 0.25) is 5.13 Å². The number of ether oxygens (including phenoxy) is 2. The highest BCUT2D eigenvalue weighted by Gasteiger charge is 2.43. The maximum Gasteiger partial charge on any atom is 0.296 e. The summed E-state index contributed by atoms with van der Waals surface area (Å²) in [4.78, 5) is 13.6. The number of aliphatic hydroxyl groups is 1. The van der Waals surface area contributed by atoms with Gasteiger partial charge < -0.3 is 14.6 Å². The lowest BCUT2D eigenvalue weighted by Gasteiger charge is -2.45. The number of allylic oxidation sites excluding steroid dienone is 4. The van der Waals surface area contributed by atoms with Crippen LogP contribution in [0.1, 0.15) is 64.4 Å². The van der Waals surface area contributed by atoms with Crippen LogP contribution in [0.2, 0.25) is 5.02 Å². The molecule has 202 valence electrons. The highest BCUT2D eigenvalue weighted by atomic mass is 35.5. The number of unbranched alkanes of at least 4 members (excludes halogenated alkanes) is 1. The molecule has 2 aromatic rings. The molecule has 1 aromatic carbocycles. The highest BCUT2D eigenvalue weighted by molar-refractivity contribution is 7.17. The fraction of sp³-hybridized carbons (Fsp3) is 0.414. The number of benzene rings is 1. The Hall–Kier alpha value is -2.94. The van der Waals surface area contributed by atoms with Crippen molar-refractivity contribution in [3.8, 4) is 10.9 Å². The molecule has 1 amide bonds. The Bertz CT molecular complexity index is 1290. The first-order chi connectivity index (χ1) is 18.4. The van der Waals surface area contributed by atoms with Gasteiger partial charge in [0.15, 0.2) is 0 Å². The number of carbonyl (C=O) groups is 1. The third-order valence-corrected chi connectivity index (χ3v) is 7.71. The summed E-state index contributed by atoms with van der Waals surface area (Å²) in [5.74, 6) is 0.303. The topological polar surface area (TPSA) is 93.6 Å². The van der Waals surface area contributed by atoms with E-state index in [0.29, 0.717) is 38.9 Å². The van der Waals surface area contributed by atoms with Gasteiger partial charge in [-0.25, -0.2) is 0 Å². The first-order valence-corrected chi connectivity index (χ1v) is 14.2. The first-order valence-electron chi connectivity index (χ1n) is 13.0. The zero-order valence-corrected chi connectivity index (χ0v) is 23.6. The summed E-state index contributed by atoms with van der Waals surface area (Å²) in [6, 6.07) is 5.36. The Morgan fingerprint density at radius 3 is 2.74 bits per heavy atom. The van der Waals surface area contributed by atoms with E-state index in [2.05, 4.69) is 22.4 Å². The monoisotopic (exact) mass is 555 g/mol. The SMILES string of the molecule is CC/C=C/C(=C(\C=C\CCC)C(=O)Nc1nnc(OCC2=C3CC(O)(CC2)C3)s1)c1cc(Cl)ccc1OC. The lowest BCUT2D eigenvalue weighted by atomic mass is 9.65. The van der Waals surface area contributed by atoms with E-state index >= 15 is 0 Å². The summed E-state index contributed by atoms with van der Waals surface area (Å²) in [5.41, 5.74) is 3.92. The second-order valence-electron chi connectivity index (χ2n) is 9.57. The molecule has 9 heteroatoms. The zero-order valence-electron chi connectivity index (χ0n) is 22.1. The minimum Gasteiger partial charge on any atom is -0.496 e. The quantitative estimate of drug-likeness (QED) is 0.168. The molecule has 38 heavy (non-hydrogen) atoms. The summed E-state index contributed by atoms with van der Waals surface area (Å²) < 4.78 is 11.5. The van der Waals surface area contributed by atoms with Crippen molar-refractivity contribution in [1.29, 1.82) is 0 Å². The minimum absolute atomic E-state index is 0.316. The average molecular weight is 556 g/mol. The summed E-state index contributed by atoms with van der Waals surface area (Å²) in [6.45, 7) is 4.55. The van der Waals surface area contributed by atoms with E-state index in [-0.39, 0.29) is 5.91 Å². The molecule has 5 rings (SSSR count). The van der Waals surface area contributed by atoms with E-state index in [1.807, 2.05) is 31.2 Å². The van der Waals surface area contributed by atoms with Gasteiger partial charge in [-0.3, -0.25) is 10.1 Å². The predicted octanol–water partition coefficient (Wildman–Crippen LogP) is 6.91. The van der Waals surface area contributed by atoms with Crippen LogP contribution in [0.25, 0.3) is 5.57 Å². The fourth-order valence-electron chi connectivity index (χ4n) is 4.64. The van der Waals surface area contributed by atoms with Crippen LogP contribution in [0.15, 0.2) is 59.2 Å². The lowest BCUT2D eigenvalue weighted by molar-refractivity contribution is -0.112. The fourth-order valence-corrected chi connectivity index (χ4v) is 5.40. The molecule has 0 unspecified atom stereocenters. The Kier molecular flexibility index (Phi) is 9.41. The third kappa shape index (κ3) is 6.73. The molecule has 3 aliphatic rings. The molecule has 2 N–H and O–H groups in total. The van der Waals surface area contributed by atoms with Gasteiger partial charge >= 0.3 is 0 Å². The molecule has 1 aromatic heterocycles. The summed E-state index contributed by atoms with van der Waals surface area (Å²) >= 11 is 7.52. The standard InChI is InChI=1S/C29H34ClN3O4S/c1-4-6-8-10-23(22(9-7-5-2)24-15-21(30)11-12-25(24)36-3)26(34)31-27-32-33-28(38-27)37-18-19-13-14-29(35)16-20(19)17-29/h7-12,15,35H,4-6,13-14,16-18H2,1-3H3,(H,31,32,34)/b9-7+,10-8+,23-22-. The molecule has 1 fully saturated rings. The summed E-state index contributed by atoms with van der Waals surface area (Å²) in [7, 11) is 1.60. The van der Waals surface area contributed by atoms with Crippen molar-refractivity contribution in [3.63, 3.8) is 0 Å². The summed E-state index contributed by atoms with van der Waals surface area (Å²) in [5, 5.41) is 22.6. The van der Waals surface area contributed by atoms with Crippen molar-refractivity contribution in [2.24, 2.45) is 0 Å². The van der Waals surface area contributed by atoms with Gasteiger partial charge in [-0.1, -0.05) is 66.8 Å². The molecule has 1 heterocycles. The Labute approximate surface area is 232 Å². The van der Waals surface area contributed by atoms with Crippen molar-refractivity contribution in [1.82, 2.24) is 10.2 Å². The van der Waals surface area contributed by atoms with Crippen LogP contribution in [0.3, 0.4) is 0 Å². The number of nitrogens with zero attached hydrogens (tertiary/aromatic N) is 2. The third-order valence-electron chi connectivity index (χ3n) is 6.72. The number of carbonyl (C=O) groups excluding carboxylic acids is 1. The number of nitrogens with one attached hydrogen (secondary N) is 1. The molecular formula is C29H34ClN3O4S. The number of rotatable bonds is 12. The molecule has 7 nitrogen and oxygen atoms in total. The van der Waals surface area contributed by atoms with Gasteiger partial charge in [0.25, 0.3) is 11.1 Å². The van der Waals surface area contributed by atoms with E-state index in [9.17, 15) is 9.90 Å². The van der Waals surface area contributed by atoms with Crippen LogP contribution in [-0.4, -0.2) is 40.5 Å². The number of aromatic nitrogens is 2. The van der Waals surface area contributed by atoms with Crippen LogP contribution in [-0.2, 0) is 4.79 Å². The van der Waals surface area contributed by atoms with E-state index in [1.54, 1.807) is 25.3 Å². The maximum atomic E-state index is 13.6. The largest absolute Gasteiger partial charge is 0.496 e. The normalized spacial score (nSPS) is 17.0. The van der Waals surface area contributed by atoms with Crippen LogP contribution >= 0.6 is 22.9 Å². The van der Waals surface area contributed by atoms with Crippen molar-refractivity contribution < 1.29 is 19.4 Å². The lowest BCUT2D eigenvalue weighted by Crippen LogP contribution is -2.43. The van der Waals surface area contributed by atoms with Crippen molar-refractivity contribution in [2.75, 3.05) is 19.0 Å². The van der Waals surface area contributed by atoms with Crippen LogP contribution in [0, 0.1) is 0 Å². The molecule has 0 radical (unpaired) electrons. The van der Waals surface area contributed by atoms with E-state index in [0.717, 1.165) is 50.5 Å². The molecule has 2 bridgehead atoms. The van der Waals surface area contributed by atoms with E-state index < -0.39 is 5.60 Å². The number of methoxy groups -OCH3 is 1. The first kappa shape index (κ1) is 28.1. The van der Waals surface area contributed by atoms with Gasteiger partial charge in [0.1, 0.15) is 12.4 Å². The minimum atomic E-state index is -0.490. The van der Waals surface area contributed by atoms with Gasteiger partial charge in [-0.05, 0) is 79.2 Å². The highest BCUT2D eigenvalue weighted by Crippen LogP contribution is 2.48. The average Bonchev–Trinajstić information content (AvgIpc) is 3.33. The Morgan fingerprint density at radius 2 is 2.05 bits per heavy atom. The number of hydrogen-bond acceptors (Lipinski definition) is 7. The number of anilines is 1. The summed E-state index contributed by atoms with van der Waals surface area (Å²) in [6.07, 6.45) is 13.4. The van der Waals surface area contributed by atoms with Crippen molar-refractivity contribution in [3.05, 3.63) is 69.8 Å². The van der Waals surface area contributed by atoms with E-state index in [1.165, 1.54) is 22.5 Å². The Balaban J connectivity index is 1.57. The van der Waals surface area contributed by atoms with E-state index in [4.69, 9.17) is 21.1 Å². The molecule has 0 atom stereocenters. The van der Waals surface area contributed by atoms with Gasteiger partial charge in [0.05, 0.1) is 12.7 Å². The van der Waals surface area contributed by atoms with Gasteiger partial charge in [0, 0.05) is 16.2 Å². The number of fused-ring (bicyclic) bond motifs is 2. The second-order valence-corrected chi connectivity index (χ2v) is 11.0. The van der Waals surface area contributed by atoms with Gasteiger partial charge in [-0.2, -0.15) is 0 Å². The van der Waals surface area contributed by atoms with Gasteiger partial charge in [-0.15, -0.1) is 5.10 Å². The van der Waals surface area contributed by atoms with Crippen LogP contribution in [0.5, 0.6) is 10.9 Å². The zero-order chi connectivity index (χ0) is 27.1. The molecule has 0 aliphatic heterocycles. The van der Waals surface area contributed by atoms with Crippen molar-refractivity contribution in [2.45, 2.75) is 64.4 Å². The number of hydrogen-bond donors (Lipinski definition) is 2. The second kappa shape index (κ2) is 12.7. The molecule has 0 saturated heterocycles. The predicted molar refractivity (Wildman–Crippen MR) is 153 cm³/mol. The van der Waals surface area contributed by atoms with Crippen molar-refractivity contribution >= 4 is 39.5 Å². The molecule has 3 aliphatic carbocycles. The van der Waals surface area contributed by atoms with Crippen LogP contribution in [0.4, 0.5) is 5.13 Å². The molecule has 1 saturated carbocycles. The number of halogens is 1. The molecular weight excluding hydrogens is 522 g/mol. The Morgan fingerprint density at radius 1 is 1.24 bits per heavy atom. The van der Waals surface area contributed by atoms with Crippen LogP contribution < -0.4 is 14.8 Å².